The minimum Gasteiger partial charge on any atom is -0.492 e. The molecule has 1 aliphatic heterocycles. The molecule has 2 rings (SSSR count). The molecule has 1 aliphatic rings. The molecule has 0 saturated carbocycles. The fraction of sp³-hybridized carbons (Fsp3) is 0.562. The third-order valence-electron chi connectivity index (χ3n) is 3.74. The van der Waals surface area contributed by atoms with E-state index in [9.17, 15) is 4.79 Å². The number of rotatable bonds is 5. The van der Waals surface area contributed by atoms with Crippen LogP contribution in [0.2, 0.25) is 0 Å². The molecule has 116 valence electrons. The number of carbonyl (C=O) groups is 1. The zero-order chi connectivity index (χ0) is 15.1. The summed E-state index contributed by atoms with van der Waals surface area (Å²) in [5, 5.41) is 2.91. The Hall–Kier alpha value is -1.75. The third-order valence-corrected chi connectivity index (χ3v) is 3.74. The summed E-state index contributed by atoms with van der Waals surface area (Å²) in [6.45, 7) is 9.79. The summed E-state index contributed by atoms with van der Waals surface area (Å²) in [6.07, 6.45) is 0. The molecule has 0 aromatic heterocycles. The topological polar surface area (TPSA) is 44.8 Å². The normalized spacial score (nSPS) is 15.8. The second-order valence-electron chi connectivity index (χ2n) is 5.32. The first kappa shape index (κ1) is 15.6. The van der Waals surface area contributed by atoms with Crippen molar-refractivity contribution < 1.29 is 9.53 Å². The van der Waals surface area contributed by atoms with Crippen molar-refractivity contribution in [1.82, 2.24) is 15.1 Å². The van der Waals surface area contributed by atoms with Crippen LogP contribution in [0.4, 0.5) is 4.79 Å². The van der Waals surface area contributed by atoms with Crippen LogP contribution in [-0.2, 0) is 0 Å². The van der Waals surface area contributed by atoms with E-state index in [4.69, 9.17) is 4.74 Å². The van der Waals surface area contributed by atoms with E-state index in [0.29, 0.717) is 13.2 Å². The Morgan fingerprint density at radius 2 is 2.05 bits per heavy atom. The van der Waals surface area contributed by atoms with Crippen LogP contribution >= 0.6 is 0 Å². The first-order valence-electron chi connectivity index (χ1n) is 7.63. The molecule has 2 amide bonds. The smallest absolute Gasteiger partial charge is 0.317 e. The van der Waals surface area contributed by atoms with E-state index in [1.54, 1.807) is 0 Å². The van der Waals surface area contributed by atoms with Gasteiger partial charge in [-0.2, -0.15) is 0 Å². The second kappa shape index (κ2) is 7.88. The van der Waals surface area contributed by atoms with Gasteiger partial charge in [0.1, 0.15) is 12.4 Å². The van der Waals surface area contributed by atoms with Gasteiger partial charge < -0.3 is 19.9 Å². The van der Waals surface area contributed by atoms with Gasteiger partial charge in [-0.3, -0.25) is 0 Å². The molecule has 0 unspecified atom stereocenters. The van der Waals surface area contributed by atoms with Crippen LogP contribution in [0.5, 0.6) is 5.75 Å². The van der Waals surface area contributed by atoms with Crippen molar-refractivity contribution in [2.24, 2.45) is 0 Å². The van der Waals surface area contributed by atoms with Gasteiger partial charge in [0.2, 0.25) is 0 Å². The van der Waals surface area contributed by atoms with Gasteiger partial charge in [-0.1, -0.05) is 19.1 Å². The summed E-state index contributed by atoms with van der Waals surface area (Å²) in [5.41, 5.74) is 1.17. The molecule has 1 aromatic carbocycles. The summed E-state index contributed by atoms with van der Waals surface area (Å²) in [4.78, 5) is 16.2. The number of nitrogens with one attached hydrogen (secondary N) is 1. The van der Waals surface area contributed by atoms with Crippen molar-refractivity contribution in [2.45, 2.75) is 13.8 Å². The van der Waals surface area contributed by atoms with Crippen molar-refractivity contribution in [3.8, 4) is 5.75 Å². The average Bonchev–Trinajstić information content (AvgIpc) is 2.51. The zero-order valence-corrected chi connectivity index (χ0v) is 13.0. The number of carbonyl (C=O) groups excluding carboxylic acids is 1. The highest BCUT2D eigenvalue weighted by Gasteiger charge is 2.19. The standard InChI is InChI=1S/C16H25N3O2/c1-3-18-8-10-19(11-9-18)16(20)17-7-12-21-15-6-4-5-14(2)13-15/h4-6,13H,3,7-12H2,1-2H3,(H,17,20). The third kappa shape index (κ3) is 4.93. The molecule has 1 fully saturated rings. The van der Waals surface area contributed by atoms with Crippen LogP contribution in [0.1, 0.15) is 12.5 Å². The Bertz CT molecular complexity index is 457. The molecule has 5 heteroatoms. The Morgan fingerprint density at radius 1 is 1.29 bits per heavy atom. The van der Waals surface area contributed by atoms with Crippen LogP contribution in [0.3, 0.4) is 0 Å². The predicted octanol–water partition coefficient (Wildman–Crippen LogP) is 1.72. The molecular formula is C16H25N3O2. The lowest BCUT2D eigenvalue weighted by Crippen LogP contribution is -2.52. The summed E-state index contributed by atoms with van der Waals surface area (Å²) in [7, 11) is 0. The van der Waals surface area contributed by atoms with E-state index < -0.39 is 0 Å². The first-order chi connectivity index (χ1) is 10.2. The van der Waals surface area contributed by atoms with Crippen LogP contribution < -0.4 is 10.1 Å². The van der Waals surface area contributed by atoms with Gasteiger partial charge in [-0.25, -0.2) is 4.79 Å². The number of benzene rings is 1. The first-order valence-corrected chi connectivity index (χ1v) is 7.63. The van der Waals surface area contributed by atoms with E-state index in [0.717, 1.165) is 38.5 Å². The van der Waals surface area contributed by atoms with E-state index in [1.807, 2.05) is 36.1 Å². The van der Waals surface area contributed by atoms with Crippen molar-refractivity contribution in [3.63, 3.8) is 0 Å². The van der Waals surface area contributed by atoms with Crippen molar-refractivity contribution in [2.75, 3.05) is 45.9 Å². The molecule has 5 nitrogen and oxygen atoms in total. The number of piperazine rings is 1. The van der Waals surface area contributed by atoms with Gasteiger partial charge in [0, 0.05) is 26.2 Å². The summed E-state index contributed by atoms with van der Waals surface area (Å²) < 4.78 is 5.62. The van der Waals surface area contributed by atoms with Crippen LogP contribution in [0.15, 0.2) is 24.3 Å². The fourth-order valence-electron chi connectivity index (χ4n) is 2.41. The van der Waals surface area contributed by atoms with Crippen LogP contribution in [0, 0.1) is 6.92 Å². The molecule has 0 spiro atoms. The zero-order valence-electron chi connectivity index (χ0n) is 13.0. The van der Waals surface area contributed by atoms with Gasteiger partial charge >= 0.3 is 6.03 Å². The summed E-state index contributed by atoms with van der Waals surface area (Å²) in [6, 6.07) is 7.93. The van der Waals surface area contributed by atoms with Gasteiger partial charge in [-0.05, 0) is 31.2 Å². The summed E-state index contributed by atoms with van der Waals surface area (Å²) in [5.74, 6) is 0.848. The quantitative estimate of drug-likeness (QED) is 0.840. The Morgan fingerprint density at radius 3 is 2.71 bits per heavy atom. The SMILES string of the molecule is CCN1CCN(C(=O)NCCOc2cccc(C)c2)CC1. The highest BCUT2D eigenvalue weighted by atomic mass is 16.5. The van der Waals surface area contributed by atoms with Gasteiger partial charge in [-0.15, -0.1) is 0 Å². The molecule has 21 heavy (non-hydrogen) atoms. The lowest BCUT2D eigenvalue weighted by atomic mass is 10.2. The number of hydrogen-bond acceptors (Lipinski definition) is 3. The minimum absolute atomic E-state index is 0.0126. The molecule has 1 heterocycles. The van der Waals surface area contributed by atoms with Crippen LogP contribution in [0.25, 0.3) is 0 Å². The maximum atomic E-state index is 12.0. The number of amides is 2. The maximum absolute atomic E-state index is 12.0. The molecule has 0 bridgehead atoms. The lowest BCUT2D eigenvalue weighted by molar-refractivity contribution is 0.142. The number of urea groups is 1. The molecule has 0 radical (unpaired) electrons. The van der Waals surface area contributed by atoms with Gasteiger partial charge in [0.25, 0.3) is 0 Å². The number of nitrogens with zero attached hydrogens (tertiary/aromatic N) is 2. The largest absolute Gasteiger partial charge is 0.492 e. The average molecular weight is 291 g/mol. The molecule has 1 aromatic rings. The van der Waals surface area contributed by atoms with Crippen LogP contribution in [-0.4, -0.2) is 61.7 Å². The highest BCUT2D eigenvalue weighted by molar-refractivity contribution is 5.74. The number of ether oxygens (including phenoxy) is 1. The predicted molar refractivity (Wildman–Crippen MR) is 83.8 cm³/mol. The summed E-state index contributed by atoms with van der Waals surface area (Å²) >= 11 is 0. The monoisotopic (exact) mass is 291 g/mol. The number of likely N-dealkylation sites (N-methyl/N-ethyl adjacent to an activating group) is 1. The van der Waals surface area contributed by atoms with Crippen molar-refractivity contribution in [1.29, 1.82) is 0 Å². The highest BCUT2D eigenvalue weighted by Crippen LogP contribution is 2.11. The molecule has 0 aliphatic carbocycles. The van der Waals surface area contributed by atoms with Crippen molar-refractivity contribution in [3.05, 3.63) is 29.8 Å². The van der Waals surface area contributed by atoms with Gasteiger partial charge in [0.15, 0.2) is 0 Å². The Balaban J connectivity index is 1.63. The van der Waals surface area contributed by atoms with E-state index in [1.165, 1.54) is 5.56 Å². The van der Waals surface area contributed by atoms with Gasteiger partial charge in [0.05, 0.1) is 6.54 Å². The second-order valence-corrected chi connectivity index (χ2v) is 5.32. The van der Waals surface area contributed by atoms with E-state index in [2.05, 4.69) is 17.1 Å². The molecule has 0 atom stereocenters. The number of hydrogen-bond donors (Lipinski definition) is 1. The molecule has 1 saturated heterocycles. The number of aryl methyl sites for hydroxylation is 1. The maximum Gasteiger partial charge on any atom is 0.317 e. The lowest BCUT2D eigenvalue weighted by Gasteiger charge is -2.33. The van der Waals surface area contributed by atoms with Crippen molar-refractivity contribution >= 4 is 6.03 Å². The van der Waals surface area contributed by atoms with E-state index in [-0.39, 0.29) is 6.03 Å². The van der Waals surface area contributed by atoms with E-state index >= 15 is 0 Å². The fourth-order valence-corrected chi connectivity index (χ4v) is 2.41. The Labute approximate surface area is 126 Å². The Kier molecular flexibility index (Phi) is 5.87. The minimum atomic E-state index is 0.0126. The molecular weight excluding hydrogens is 266 g/mol. The molecule has 1 N–H and O–H groups in total.